The number of aliphatic imine (C=N–C) groups is 1. The quantitative estimate of drug-likeness (QED) is 0.514. The first-order valence-electron chi connectivity index (χ1n) is 9.73. The predicted molar refractivity (Wildman–Crippen MR) is 117 cm³/mol. The van der Waals surface area contributed by atoms with Crippen LogP contribution >= 0.6 is 11.3 Å². The van der Waals surface area contributed by atoms with E-state index in [1.807, 2.05) is 13.0 Å². The van der Waals surface area contributed by atoms with Gasteiger partial charge < -0.3 is 15.4 Å². The molecule has 1 saturated heterocycles. The summed E-state index contributed by atoms with van der Waals surface area (Å²) >= 11 is 1.29. The van der Waals surface area contributed by atoms with Crippen LogP contribution in [0.3, 0.4) is 0 Å². The first-order chi connectivity index (χ1) is 14.0. The Morgan fingerprint density at radius 3 is 2.55 bits per heavy atom. The summed E-state index contributed by atoms with van der Waals surface area (Å²) in [5.41, 5.74) is 2.37. The van der Waals surface area contributed by atoms with Crippen LogP contribution in [0.1, 0.15) is 22.9 Å². The molecular weight excluding hydrogens is 408 g/mol. The van der Waals surface area contributed by atoms with Crippen LogP contribution in [-0.4, -0.2) is 51.5 Å². The van der Waals surface area contributed by atoms with Crippen molar-refractivity contribution in [3.63, 3.8) is 0 Å². The summed E-state index contributed by atoms with van der Waals surface area (Å²) in [5.74, 6) is 0.707. The van der Waals surface area contributed by atoms with Gasteiger partial charge in [0.25, 0.3) is 10.0 Å². The molecule has 0 amide bonds. The normalized spacial score (nSPS) is 16.0. The van der Waals surface area contributed by atoms with Gasteiger partial charge in [-0.3, -0.25) is 0 Å². The van der Waals surface area contributed by atoms with Gasteiger partial charge in [0, 0.05) is 24.5 Å². The molecule has 3 rings (SSSR count). The molecule has 1 aliphatic rings. The van der Waals surface area contributed by atoms with Gasteiger partial charge in [0.05, 0.1) is 26.3 Å². The molecular formula is C20H28N4O3S2. The molecule has 2 N–H and O–H groups in total. The lowest BCUT2D eigenvalue weighted by atomic mass is 10.1. The van der Waals surface area contributed by atoms with Crippen molar-refractivity contribution in [3.8, 4) is 0 Å². The molecule has 9 heteroatoms. The van der Waals surface area contributed by atoms with E-state index in [0.29, 0.717) is 49.6 Å². The van der Waals surface area contributed by atoms with Crippen molar-refractivity contribution >= 4 is 27.3 Å². The second-order valence-electron chi connectivity index (χ2n) is 6.77. The summed E-state index contributed by atoms with van der Waals surface area (Å²) in [4.78, 5) is 5.56. The molecule has 0 saturated carbocycles. The number of aryl methyl sites for hydroxylation is 1. The monoisotopic (exact) mass is 436 g/mol. The van der Waals surface area contributed by atoms with Crippen LogP contribution in [0.4, 0.5) is 0 Å². The maximum Gasteiger partial charge on any atom is 0.252 e. The van der Waals surface area contributed by atoms with E-state index in [1.54, 1.807) is 6.07 Å². The van der Waals surface area contributed by atoms with Crippen LogP contribution in [0.5, 0.6) is 0 Å². The molecule has 158 valence electrons. The summed E-state index contributed by atoms with van der Waals surface area (Å²) in [7, 11) is -3.44. The smallest absolute Gasteiger partial charge is 0.252 e. The number of ether oxygens (including phenoxy) is 1. The highest BCUT2D eigenvalue weighted by Crippen LogP contribution is 2.25. The largest absolute Gasteiger partial charge is 0.379 e. The third-order valence-corrected chi connectivity index (χ3v) is 7.97. The molecule has 1 aliphatic heterocycles. The number of hydrogen-bond donors (Lipinski definition) is 2. The highest BCUT2D eigenvalue weighted by atomic mass is 32.2. The Morgan fingerprint density at radius 2 is 1.86 bits per heavy atom. The highest BCUT2D eigenvalue weighted by molar-refractivity contribution is 7.91. The average Bonchev–Trinajstić information content (AvgIpc) is 3.22. The maximum atomic E-state index is 12.7. The van der Waals surface area contributed by atoms with Crippen LogP contribution in [0.2, 0.25) is 0 Å². The Kier molecular flexibility index (Phi) is 7.65. The Morgan fingerprint density at radius 1 is 1.14 bits per heavy atom. The van der Waals surface area contributed by atoms with Crippen LogP contribution in [-0.2, 0) is 27.8 Å². The zero-order valence-corrected chi connectivity index (χ0v) is 18.5. The second-order valence-corrected chi connectivity index (χ2v) is 10.1. The fourth-order valence-corrected chi connectivity index (χ4v) is 5.74. The number of benzene rings is 1. The molecule has 1 fully saturated rings. The fourth-order valence-electron chi connectivity index (χ4n) is 2.88. The lowest BCUT2D eigenvalue weighted by Gasteiger charge is -2.25. The van der Waals surface area contributed by atoms with Crippen molar-refractivity contribution in [3.05, 3.63) is 52.4 Å². The summed E-state index contributed by atoms with van der Waals surface area (Å²) in [6, 6.07) is 11.8. The van der Waals surface area contributed by atoms with Crippen LogP contribution in [0.15, 0.2) is 45.6 Å². The van der Waals surface area contributed by atoms with Gasteiger partial charge in [-0.2, -0.15) is 4.31 Å². The van der Waals surface area contributed by atoms with Crippen LogP contribution < -0.4 is 10.6 Å². The van der Waals surface area contributed by atoms with E-state index in [-0.39, 0.29) is 0 Å². The van der Waals surface area contributed by atoms with Crippen molar-refractivity contribution in [2.24, 2.45) is 4.99 Å². The topological polar surface area (TPSA) is 83.0 Å². The Balaban J connectivity index is 1.61. The van der Waals surface area contributed by atoms with E-state index in [9.17, 15) is 8.42 Å². The highest BCUT2D eigenvalue weighted by Gasteiger charge is 2.27. The van der Waals surface area contributed by atoms with E-state index in [1.165, 1.54) is 21.2 Å². The van der Waals surface area contributed by atoms with Crippen LogP contribution in [0.25, 0.3) is 0 Å². The first kappa shape index (κ1) is 21.8. The molecule has 2 heterocycles. The van der Waals surface area contributed by atoms with Gasteiger partial charge in [-0.25, -0.2) is 13.4 Å². The molecule has 0 radical (unpaired) electrons. The molecule has 0 unspecified atom stereocenters. The van der Waals surface area contributed by atoms with Crippen molar-refractivity contribution in [1.29, 1.82) is 0 Å². The lowest BCUT2D eigenvalue weighted by molar-refractivity contribution is 0.0731. The number of rotatable bonds is 7. The van der Waals surface area contributed by atoms with Gasteiger partial charge >= 0.3 is 0 Å². The molecule has 2 aromatic rings. The standard InChI is InChI=1S/C20H28N4O3S2/c1-3-21-20(22-14-17-6-4-16(2)5-7-17)23-15-18-8-9-19(28-18)29(25,26)24-10-12-27-13-11-24/h4-9H,3,10-15H2,1-2H3,(H2,21,22,23). The molecule has 7 nitrogen and oxygen atoms in total. The average molecular weight is 437 g/mol. The van der Waals surface area contributed by atoms with Gasteiger partial charge in [-0.1, -0.05) is 29.8 Å². The zero-order valence-electron chi connectivity index (χ0n) is 16.8. The summed E-state index contributed by atoms with van der Waals surface area (Å²) in [6.07, 6.45) is 0. The van der Waals surface area contributed by atoms with Crippen LogP contribution in [0, 0.1) is 6.92 Å². The molecule has 29 heavy (non-hydrogen) atoms. The second kappa shape index (κ2) is 10.2. The van der Waals surface area contributed by atoms with E-state index in [0.717, 1.165) is 17.0 Å². The third-order valence-electron chi connectivity index (χ3n) is 4.52. The molecule has 0 aliphatic carbocycles. The number of hydrogen-bond acceptors (Lipinski definition) is 5. The van der Waals surface area contributed by atoms with Gasteiger partial charge in [0.1, 0.15) is 4.21 Å². The van der Waals surface area contributed by atoms with E-state index >= 15 is 0 Å². The number of thiophene rings is 1. The van der Waals surface area contributed by atoms with Crippen molar-refractivity contribution < 1.29 is 13.2 Å². The van der Waals surface area contributed by atoms with Crippen molar-refractivity contribution in [1.82, 2.24) is 14.9 Å². The van der Waals surface area contributed by atoms with E-state index in [4.69, 9.17) is 4.74 Å². The number of nitrogens with zero attached hydrogens (tertiary/aromatic N) is 2. The maximum absolute atomic E-state index is 12.7. The van der Waals surface area contributed by atoms with Gasteiger partial charge in [0.15, 0.2) is 5.96 Å². The van der Waals surface area contributed by atoms with E-state index < -0.39 is 10.0 Å². The Bertz CT molecular complexity index is 917. The number of sulfonamides is 1. The zero-order chi connectivity index (χ0) is 20.7. The minimum Gasteiger partial charge on any atom is -0.379 e. The molecule has 0 spiro atoms. The van der Waals surface area contributed by atoms with Gasteiger partial charge in [0.2, 0.25) is 0 Å². The van der Waals surface area contributed by atoms with Crippen molar-refractivity contribution in [2.45, 2.75) is 31.1 Å². The predicted octanol–water partition coefficient (Wildman–Crippen LogP) is 2.33. The summed E-state index contributed by atoms with van der Waals surface area (Å²) < 4.78 is 32.6. The molecule has 0 bridgehead atoms. The third kappa shape index (κ3) is 6.02. The number of guanidine groups is 1. The molecule has 1 aromatic carbocycles. The summed E-state index contributed by atoms with van der Waals surface area (Å²) in [5, 5.41) is 6.51. The number of morpholine rings is 1. The lowest BCUT2D eigenvalue weighted by Crippen LogP contribution is -2.40. The van der Waals surface area contributed by atoms with Crippen molar-refractivity contribution in [2.75, 3.05) is 32.8 Å². The van der Waals surface area contributed by atoms with Gasteiger partial charge in [-0.05, 0) is 31.5 Å². The Hall–Kier alpha value is -1.94. The molecule has 1 aromatic heterocycles. The number of nitrogens with one attached hydrogen (secondary N) is 2. The SMILES string of the molecule is CCNC(=NCc1ccc(C)cc1)NCc1ccc(S(=O)(=O)N2CCOCC2)s1. The van der Waals surface area contributed by atoms with E-state index in [2.05, 4.69) is 46.8 Å². The molecule has 0 atom stereocenters. The first-order valence-corrected chi connectivity index (χ1v) is 12.0. The minimum atomic E-state index is -3.44. The summed E-state index contributed by atoms with van der Waals surface area (Å²) in [6.45, 7) is 7.63. The fraction of sp³-hybridized carbons (Fsp3) is 0.450. The Labute approximate surface area is 176 Å². The minimum absolute atomic E-state index is 0.373. The van der Waals surface area contributed by atoms with Gasteiger partial charge in [-0.15, -0.1) is 11.3 Å².